The van der Waals surface area contributed by atoms with E-state index in [1.807, 2.05) is 10.8 Å². The number of hydrogen-bond donors (Lipinski definition) is 2. The molecule has 0 spiro atoms. The number of rotatable bonds is 10. The van der Waals surface area contributed by atoms with E-state index in [1.165, 1.54) is 36.4 Å². The Hall–Kier alpha value is -4.47. The molecule has 0 fully saturated rings. The first-order valence-electron chi connectivity index (χ1n) is 10.2. The van der Waals surface area contributed by atoms with Gasteiger partial charge in [0.05, 0.1) is 6.33 Å². The molecule has 33 heavy (non-hydrogen) atoms. The van der Waals surface area contributed by atoms with Gasteiger partial charge >= 0.3 is 0 Å². The summed E-state index contributed by atoms with van der Waals surface area (Å²) in [4.78, 5) is 27.1. The molecule has 0 bridgehead atoms. The second-order valence-corrected chi connectivity index (χ2v) is 7.28. The van der Waals surface area contributed by atoms with Crippen molar-refractivity contribution in [1.82, 2.24) is 14.7 Å². The highest BCUT2D eigenvalue weighted by molar-refractivity contribution is 5.95. The summed E-state index contributed by atoms with van der Waals surface area (Å²) in [6, 6.07) is 9.80. The molecule has 0 aliphatic carbocycles. The number of Topliss-reactive ketones (excluding diaryl/α,β-unsaturated/α-hetero) is 1. The molecule has 2 heterocycles. The fraction of sp³-hybridized carbons (Fsp3) is 0.174. The minimum absolute atomic E-state index is 0.0785. The molecule has 0 radical (unpaired) electrons. The van der Waals surface area contributed by atoms with E-state index in [1.54, 1.807) is 12.5 Å². The summed E-state index contributed by atoms with van der Waals surface area (Å²) in [5, 5.41) is 27.0. The van der Waals surface area contributed by atoms with Crippen molar-refractivity contribution in [2.24, 2.45) is 5.18 Å². The Labute approximate surface area is 188 Å². The minimum Gasteiger partial charge on any atom is -0.508 e. The Kier molecular flexibility index (Phi) is 6.44. The molecule has 2 N–H and O–H groups in total. The van der Waals surface area contributed by atoms with Crippen LogP contribution in [0.1, 0.15) is 29.8 Å². The molecule has 0 aliphatic rings. The SMILES string of the molecule is O=Nc1ccc(Oc2cc(O)cc(O)c2-c2cc(C(=O)CCCCn3ccnc3)no2)cc1. The molecule has 0 unspecified atom stereocenters. The summed E-state index contributed by atoms with van der Waals surface area (Å²) in [5.41, 5.74) is 0.481. The number of nitrogens with zero attached hydrogens (tertiary/aromatic N) is 4. The number of phenolic OH excluding ortho intramolecular Hbond substituents is 2. The zero-order valence-corrected chi connectivity index (χ0v) is 17.4. The van der Waals surface area contributed by atoms with E-state index in [0.717, 1.165) is 19.0 Å². The van der Waals surface area contributed by atoms with E-state index < -0.39 is 0 Å². The van der Waals surface area contributed by atoms with Gasteiger partial charge in [-0.3, -0.25) is 4.79 Å². The Bertz CT molecular complexity index is 1250. The van der Waals surface area contributed by atoms with E-state index in [9.17, 15) is 19.9 Å². The van der Waals surface area contributed by atoms with Gasteiger partial charge < -0.3 is 24.0 Å². The van der Waals surface area contributed by atoms with Crippen LogP contribution in [0.4, 0.5) is 5.69 Å². The predicted octanol–water partition coefficient (Wildman–Crippen LogP) is 5.19. The van der Waals surface area contributed by atoms with Crippen LogP contribution in [0, 0.1) is 4.91 Å². The summed E-state index contributed by atoms with van der Waals surface area (Å²) in [6.45, 7) is 0.767. The number of carbonyl (C=O) groups excluding carboxylic acids is 1. The number of aromatic hydroxyl groups is 2. The summed E-state index contributed by atoms with van der Waals surface area (Å²) in [7, 11) is 0. The van der Waals surface area contributed by atoms with E-state index in [-0.39, 0.29) is 45.7 Å². The summed E-state index contributed by atoms with van der Waals surface area (Å²) in [5.74, 6) is -0.210. The van der Waals surface area contributed by atoms with Crippen LogP contribution in [0.25, 0.3) is 11.3 Å². The average molecular weight is 448 g/mol. The van der Waals surface area contributed by atoms with Gasteiger partial charge in [-0.05, 0) is 42.3 Å². The Morgan fingerprint density at radius 2 is 1.94 bits per heavy atom. The number of benzene rings is 2. The van der Waals surface area contributed by atoms with E-state index in [0.29, 0.717) is 18.6 Å². The van der Waals surface area contributed by atoms with Gasteiger partial charge in [0.1, 0.15) is 39.9 Å². The molecule has 4 aromatic rings. The molecule has 0 atom stereocenters. The number of ether oxygens (including phenoxy) is 1. The molecule has 0 aliphatic heterocycles. The van der Waals surface area contributed by atoms with Crippen molar-refractivity contribution < 1.29 is 24.3 Å². The van der Waals surface area contributed by atoms with E-state index in [2.05, 4.69) is 15.3 Å². The van der Waals surface area contributed by atoms with Crippen molar-refractivity contribution in [1.29, 1.82) is 0 Å². The molecule has 10 nitrogen and oxygen atoms in total. The molecule has 168 valence electrons. The van der Waals surface area contributed by atoms with Crippen molar-refractivity contribution in [3.05, 3.63) is 71.8 Å². The number of nitroso groups, excluding NO2 is 1. The van der Waals surface area contributed by atoms with Crippen molar-refractivity contribution in [2.75, 3.05) is 0 Å². The van der Waals surface area contributed by atoms with E-state index >= 15 is 0 Å². The summed E-state index contributed by atoms with van der Waals surface area (Å²) >= 11 is 0. The zero-order valence-electron chi connectivity index (χ0n) is 17.4. The number of aromatic nitrogens is 3. The predicted molar refractivity (Wildman–Crippen MR) is 118 cm³/mol. The fourth-order valence-electron chi connectivity index (χ4n) is 3.27. The smallest absolute Gasteiger partial charge is 0.184 e. The number of ketones is 1. The van der Waals surface area contributed by atoms with Gasteiger partial charge in [0, 0.05) is 43.6 Å². The van der Waals surface area contributed by atoms with Crippen LogP contribution >= 0.6 is 0 Å². The van der Waals surface area contributed by atoms with Crippen LogP contribution in [0.15, 0.2) is 70.9 Å². The minimum atomic E-state index is -0.313. The zero-order chi connectivity index (χ0) is 23.2. The number of imidazole rings is 1. The number of carbonyl (C=O) groups is 1. The monoisotopic (exact) mass is 448 g/mol. The van der Waals surface area contributed by atoms with Crippen LogP contribution in [0.5, 0.6) is 23.0 Å². The molecule has 2 aromatic heterocycles. The first kappa shape index (κ1) is 21.8. The Morgan fingerprint density at radius 3 is 2.67 bits per heavy atom. The lowest BCUT2D eigenvalue weighted by atomic mass is 10.1. The molecular formula is C23H20N4O6. The highest BCUT2D eigenvalue weighted by Gasteiger charge is 2.21. The van der Waals surface area contributed by atoms with Gasteiger partial charge in [-0.25, -0.2) is 4.98 Å². The average Bonchev–Trinajstić information content (AvgIpc) is 3.49. The third-order valence-electron chi connectivity index (χ3n) is 4.91. The van der Waals surface area contributed by atoms with Crippen LogP contribution in [-0.2, 0) is 6.54 Å². The van der Waals surface area contributed by atoms with Crippen molar-refractivity contribution in [3.8, 4) is 34.3 Å². The van der Waals surface area contributed by atoms with Gasteiger partial charge in [0.2, 0.25) is 0 Å². The van der Waals surface area contributed by atoms with Crippen LogP contribution in [0.3, 0.4) is 0 Å². The maximum Gasteiger partial charge on any atom is 0.184 e. The fourth-order valence-corrected chi connectivity index (χ4v) is 3.27. The highest BCUT2D eigenvalue weighted by Crippen LogP contribution is 2.43. The third-order valence-corrected chi connectivity index (χ3v) is 4.91. The molecule has 0 amide bonds. The highest BCUT2D eigenvalue weighted by atomic mass is 16.5. The molecule has 10 heteroatoms. The standard InChI is InChI=1S/C23H20N4O6/c28-16-11-20(30)23(21(12-16)32-17-6-4-15(25-31)5-7-17)22-13-18(26-33-22)19(29)3-1-2-9-27-10-8-24-14-27/h4-8,10-14,28,30H,1-3,9H2. The number of hydrogen-bond acceptors (Lipinski definition) is 9. The maximum absolute atomic E-state index is 12.5. The maximum atomic E-state index is 12.5. The van der Waals surface area contributed by atoms with Crippen LogP contribution in [-0.4, -0.2) is 30.7 Å². The normalized spacial score (nSPS) is 10.8. The molecule has 0 saturated carbocycles. The van der Waals surface area contributed by atoms with Crippen molar-refractivity contribution in [2.45, 2.75) is 25.8 Å². The topological polar surface area (TPSA) is 140 Å². The van der Waals surface area contributed by atoms with Gasteiger partial charge in [0.25, 0.3) is 0 Å². The number of unbranched alkanes of at least 4 members (excludes halogenated alkanes) is 1. The lowest BCUT2D eigenvalue weighted by Crippen LogP contribution is -2.01. The van der Waals surface area contributed by atoms with Gasteiger partial charge in [-0.2, -0.15) is 0 Å². The summed E-state index contributed by atoms with van der Waals surface area (Å²) in [6.07, 6.45) is 7.07. The molecule has 4 rings (SSSR count). The third kappa shape index (κ3) is 5.24. The Balaban J connectivity index is 1.49. The second kappa shape index (κ2) is 9.77. The quantitative estimate of drug-likeness (QED) is 0.192. The Morgan fingerprint density at radius 1 is 1.12 bits per heavy atom. The van der Waals surface area contributed by atoms with Crippen LogP contribution < -0.4 is 4.74 Å². The summed E-state index contributed by atoms with van der Waals surface area (Å²) < 4.78 is 13.0. The van der Waals surface area contributed by atoms with Crippen LogP contribution in [0.2, 0.25) is 0 Å². The first-order valence-corrected chi connectivity index (χ1v) is 10.2. The number of aryl methyl sites for hydroxylation is 1. The number of phenols is 2. The lowest BCUT2D eigenvalue weighted by Gasteiger charge is -2.11. The first-order chi connectivity index (χ1) is 16.0. The molecular weight excluding hydrogens is 428 g/mol. The van der Waals surface area contributed by atoms with Gasteiger partial charge in [-0.15, -0.1) is 4.91 Å². The van der Waals surface area contributed by atoms with E-state index in [4.69, 9.17) is 9.26 Å². The van der Waals surface area contributed by atoms with Gasteiger partial charge in [-0.1, -0.05) is 5.16 Å². The largest absolute Gasteiger partial charge is 0.508 e. The lowest BCUT2D eigenvalue weighted by molar-refractivity contribution is 0.0970. The second-order valence-electron chi connectivity index (χ2n) is 7.28. The van der Waals surface area contributed by atoms with Crippen molar-refractivity contribution >= 4 is 11.5 Å². The van der Waals surface area contributed by atoms with Crippen molar-refractivity contribution in [3.63, 3.8) is 0 Å². The van der Waals surface area contributed by atoms with Gasteiger partial charge in [0.15, 0.2) is 11.5 Å². The molecule has 2 aromatic carbocycles. The molecule has 0 saturated heterocycles.